The molecule has 0 amide bonds. The molecule has 4 nitrogen and oxygen atoms in total. The second kappa shape index (κ2) is 7.99. The van der Waals surface area contributed by atoms with E-state index in [1.54, 1.807) is 18.3 Å². The summed E-state index contributed by atoms with van der Waals surface area (Å²) >= 11 is 2.35. The quantitative estimate of drug-likeness (QED) is 0.435. The smallest absolute Gasteiger partial charge is 0.242 e. The first-order valence-corrected chi connectivity index (χ1v) is 8.63. The van der Waals surface area contributed by atoms with Gasteiger partial charge in [-0.1, -0.05) is 35.4 Å². The van der Waals surface area contributed by atoms with E-state index in [2.05, 4.69) is 32.3 Å². The predicted molar refractivity (Wildman–Crippen MR) is 76.8 cm³/mol. The molecular weight excluding hydrogens is 351 g/mol. The lowest BCUT2D eigenvalue weighted by Gasteiger charge is -2.05. The number of aromatic nitrogens is 1. The molecule has 96 valence electrons. The minimum atomic E-state index is -3.37. The minimum Gasteiger partial charge on any atom is -0.263 e. The van der Waals surface area contributed by atoms with Crippen LogP contribution in [0.1, 0.15) is 25.7 Å². The van der Waals surface area contributed by atoms with Crippen molar-refractivity contribution in [3.63, 3.8) is 0 Å². The zero-order chi connectivity index (χ0) is 12.6. The van der Waals surface area contributed by atoms with Gasteiger partial charge in [0, 0.05) is 18.9 Å². The van der Waals surface area contributed by atoms with Crippen LogP contribution in [0, 0.1) is 0 Å². The Hall–Kier alpha value is -0.210. The maximum absolute atomic E-state index is 11.8. The fourth-order valence-electron chi connectivity index (χ4n) is 1.37. The highest BCUT2D eigenvalue weighted by molar-refractivity contribution is 14.1. The van der Waals surface area contributed by atoms with Crippen LogP contribution in [0.4, 0.5) is 0 Å². The van der Waals surface area contributed by atoms with Crippen molar-refractivity contribution in [2.75, 3.05) is 11.0 Å². The van der Waals surface area contributed by atoms with Gasteiger partial charge in [0.25, 0.3) is 0 Å². The Morgan fingerprint density at radius 3 is 2.65 bits per heavy atom. The molecular formula is C11H17IN2O2S. The summed E-state index contributed by atoms with van der Waals surface area (Å²) in [4.78, 5) is 4.03. The summed E-state index contributed by atoms with van der Waals surface area (Å²) in [6, 6.07) is 3.17. The van der Waals surface area contributed by atoms with Crippen LogP contribution in [0.3, 0.4) is 0 Å². The van der Waals surface area contributed by atoms with E-state index in [4.69, 9.17) is 0 Å². The van der Waals surface area contributed by atoms with Gasteiger partial charge in [-0.25, -0.2) is 13.1 Å². The summed E-state index contributed by atoms with van der Waals surface area (Å²) in [5, 5.41) is 0. The van der Waals surface area contributed by atoms with E-state index in [0.29, 0.717) is 6.54 Å². The molecule has 6 heteroatoms. The number of sulfonamides is 1. The molecule has 0 saturated carbocycles. The molecule has 0 radical (unpaired) electrons. The average Bonchev–Trinajstić information content (AvgIpc) is 2.35. The van der Waals surface area contributed by atoms with Gasteiger partial charge in [-0.05, 0) is 29.4 Å². The zero-order valence-corrected chi connectivity index (χ0v) is 12.6. The molecule has 0 aliphatic carbocycles. The normalized spacial score (nSPS) is 11.6. The largest absolute Gasteiger partial charge is 0.263 e. The number of nitrogens with zero attached hydrogens (tertiary/aromatic N) is 1. The molecule has 0 aliphatic rings. The Bertz CT molecular complexity index is 409. The van der Waals surface area contributed by atoms with E-state index >= 15 is 0 Å². The number of unbranched alkanes of at least 4 members (excludes halogenated alkanes) is 3. The first-order valence-electron chi connectivity index (χ1n) is 5.62. The highest BCUT2D eigenvalue weighted by atomic mass is 127. The number of nitrogens with one attached hydrogen (secondary N) is 1. The third-order valence-corrected chi connectivity index (χ3v) is 4.51. The monoisotopic (exact) mass is 368 g/mol. The second-order valence-electron chi connectivity index (χ2n) is 3.69. The summed E-state index contributed by atoms with van der Waals surface area (Å²) in [6.45, 7) is 0.498. The topological polar surface area (TPSA) is 59.1 Å². The lowest BCUT2D eigenvalue weighted by atomic mass is 10.2. The SMILES string of the molecule is O=S(=O)(NCCCCCCI)c1cccnc1. The van der Waals surface area contributed by atoms with E-state index in [1.807, 2.05) is 0 Å². The molecule has 0 bridgehead atoms. The Morgan fingerprint density at radius 2 is 2.00 bits per heavy atom. The van der Waals surface area contributed by atoms with Gasteiger partial charge >= 0.3 is 0 Å². The number of hydrogen-bond donors (Lipinski definition) is 1. The molecule has 1 N–H and O–H groups in total. The molecule has 0 saturated heterocycles. The van der Waals surface area contributed by atoms with Crippen molar-refractivity contribution in [2.24, 2.45) is 0 Å². The average molecular weight is 368 g/mol. The fraction of sp³-hybridized carbons (Fsp3) is 0.545. The predicted octanol–water partition coefficient (Wildman–Crippen LogP) is 2.36. The van der Waals surface area contributed by atoms with Crippen LogP contribution in [0.2, 0.25) is 0 Å². The number of rotatable bonds is 8. The third-order valence-electron chi connectivity index (χ3n) is 2.30. The van der Waals surface area contributed by atoms with Crippen LogP contribution < -0.4 is 4.72 Å². The van der Waals surface area contributed by atoms with Crippen LogP contribution in [0.5, 0.6) is 0 Å². The molecule has 0 aliphatic heterocycles. The van der Waals surface area contributed by atoms with E-state index in [1.165, 1.54) is 17.0 Å². The highest BCUT2D eigenvalue weighted by Crippen LogP contribution is 2.06. The number of hydrogen-bond acceptors (Lipinski definition) is 3. The van der Waals surface area contributed by atoms with Crippen LogP contribution in [0.25, 0.3) is 0 Å². The number of pyridine rings is 1. The molecule has 0 atom stereocenters. The highest BCUT2D eigenvalue weighted by Gasteiger charge is 2.12. The Morgan fingerprint density at radius 1 is 1.24 bits per heavy atom. The Balaban J connectivity index is 2.31. The van der Waals surface area contributed by atoms with E-state index in [9.17, 15) is 8.42 Å². The van der Waals surface area contributed by atoms with Gasteiger partial charge in [0.2, 0.25) is 10.0 Å². The van der Waals surface area contributed by atoms with Crippen molar-refractivity contribution >= 4 is 32.6 Å². The minimum absolute atomic E-state index is 0.229. The fourth-order valence-corrected chi connectivity index (χ4v) is 2.95. The standard InChI is InChI=1S/C11H17IN2O2S/c12-7-3-1-2-4-9-14-17(15,16)11-6-5-8-13-10-11/h5-6,8,10,14H,1-4,7,9H2. The summed E-state index contributed by atoms with van der Waals surface area (Å²) in [5.41, 5.74) is 0. The molecule has 0 spiro atoms. The van der Waals surface area contributed by atoms with Gasteiger partial charge in [-0.15, -0.1) is 0 Å². The molecule has 1 aromatic rings. The van der Waals surface area contributed by atoms with Gasteiger partial charge in [0.05, 0.1) is 0 Å². The Labute approximate surface area is 116 Å². The van der Waals surface area contributed by atoms with Crippen LogP contribution in [0.15, 0.2) is 29.4 Å². The molecule has 0 unspecified atom stereocenters. The molecule has 17 heavy (non-hydrogen) atoms. The molecule has 1 heterocycles. The van der Waals surface area contributed by atoms with E-state index in [0.717, 1.165) is 19.3 Å². The third kappa shape index (κ3) is 5.78. The maximum atomic E-state index is 11.8. The first kappa shape index (κ1) is 14.8. The number of halogens is 1. The molecule has 0 aromatic carbocycles. The Kier molecular flexibility index (Phi) is 6.98. The van der Waals surface area contributed by atoms with E-state index in [-0.39, 0.29) is 4.90 Å². The van der Waals surface area contributed by atoms with Crippen LogP contribution in [-0.2, 0) is 10.0 Å². The van der Waals surface area contributed by atoms with Crippen molar-refractivity contribution in [1.82, 2.24) is 9.71 Å². The summed E-state index contributed by atoms with van der Waals surface area (Å²) in [5.74, 6) is 0. The van der Waals surface area contributed by atoms with Gasteiger partial charge in [0.15, 0.2) is 0 Å². The van der Waals surface area contributed by atoms with Gasteiger partial charge in [-0.3, -0.25) is 4.98 Å². The second-order valence-corrected chi connectivity index (χ2v) is 6.54. The summed E-state index contributed by atoms with van der Waals surface area (Å²) in [7, 11) is -3.37. The lowest BCUT2D eigenvalue weighted by molar-refractivity contribution is 0.573. The van der Waals surface area contributed by atoms with Gasteiger partial charge < -0.3 is 0 Å². The van der Waals surface area contributed by atoms with Crippen molar-refractivity contribution < 1.29 is 8.42 Å². The molecule has 1 rings (SSSR count). The molecule has 0 fully saturated rings. The maximum Gasteiger partial charge on any atom is 0.242 e. The molecule has 1 aromatic heterocycles. The van der Waals surface area contributed by atoms with Crippen LogP contribution >= 0.6 is 22.6 Å². The van der Waals surface area contributed by atoms with Crippen molar-refractivity contribution in [3.8, 4) is 0 Å². The van der Waals surface area contributed by atoms with Crippen LogP contribution in [-0.4, -0.2) is 24.4 Å². The summed E-state index contributed by atoms with van der Waals surface area (Å²) in [6.07, 6.45) is 7.24. The van der Waals surface area contributed by atoms with Crippen molar-refractivity contribution in [2.45, 2.75) is 30.6 Å². The van der Waals surface area contributed by atoms with Gasteiger partial charge in [-0.2, -0.15) is 0 Å². The van der Waals surface area contributed by atoms with E-state index < -0.39 is 10.0 Å². The lowest BCUT2D eigenvalue weighted by Crippen LogP contribution is -2.24. The van der Waals surface area contributed by atoms with Crippen molar-refractivity contribution in [3.05, 3.63) is 24.5 Å². The van der Waals surface area contributed by atoms with Crippen molar-refractivity contribution in [1.29, 1.82) is 0 Å². The number of alkyl halides is 1. The summed E-state index contributed by atoms with van der Waals surface area (Å²) < 4.78 is 27.3. The van der Waals surface area contributed by atoms with Gasteiger partial charge in [0.1, 0.15) is 4.90 Å². The first-order chi connectivity index (χ1) is 8.17. The zero-order valence-electron chi connectivity index (χ0n) is 9.60.